The molecule has 1 aliphatic rings. The summed E-state index contributed by atoms with van der Waals surface area (Å²) in [5, 5.41) is 0. The van der Waals surface area contributed by atoms with Gasteiger partial charge >= 0.3 is 5.97 Å². The first-order valence-electron chi connectivity index (χ1n) is 7.37. The molecule has 1 unspecified atom stereocenters. The van der Waals surface area contributed by atoms with E-state index in [1.807, 2.05) is 19.1 Å². The summed E-state index contributed by atoms with van der Waals surface area (Å²) in [5.74, 6) is 1.43. The van der Waals surface area contributed by atoms with Crippen LogP contribution in [0.3, 0.4) is 0 Å². The molecule has 1 aromatic rings. The zero-order valence-electron chi connectivity index (χ0n) is 12.7. The highest BCUT2D eigenvalue weighted by Crippen LogP contribution is 2.34. The number of carbonyl (C=O) groups excluding carboxylic acids is 1. The first-order chi connectivity index (χ1) is 10.1. The molecule has 1 aliphatic carbocycles. The second-order valence-electron chi connectivity index (χ2n) is 5.19. The zero-order chi connectivity index (χ0) is 15.2. The molecule has 0 aromatic heterocycles. The quantitative estimate of drug-likeness (QED) is 0.613. The minimum absolute atomic E-state index is 0.161. The molecule has 1 atom stereocenters. The standard InChI is InChI=1S/C16H23NO4/c1-3-20-15-10-13(21-6-4-5-16(18)19-2)8-11-7-12(17)9-14(11)15/h8,10,12H,3-7,9,17H2,1-2H3. The number of hydrogen-bond acceptors (Lipinski definition) is 5. The highest BCUT2D eigenvalue weighted by Gasteiger charge is 2.23. The van der Waals surface area contributed by atoms with E-state index in [2.05, 4.69) is 4.74 Å². The number of fused-ring (bicyclic) bond motifs is 1. The summed E-state index contributed by atoms with van der Waals surface area (Å²) in [6, 6.07) is 4.11. The Morgan fingerprint density at radius 1 is 1.33 bits per heavy atom. The average molecular weight is 293 g/mol. The number of ether oxygens (including phenoxy) is 3. The third-order valence-corrected chi connectivity index (χ3v) is 3.54. The van der Waals surface area contributed by atoms with Gasteiger partial charge in [-0.25, -0.2) is 0 Å². The smallest absolute Gasteiger partial charge is 0.305 e. The van der Waals surface area contributed by atoms with Crippen molar-refractivity contribution in [2.75, 3.05) is 20.3 Å². The summed E-state index contributed by atoms with van der Waals surface area (Å²) in [5.41, 5.74) is 8.43. The summed E-state index contributed by atoms with van der Waals surface area (Å²) in [4.78, 5) is 11.0. The highest BCUT2D eigenvalue weighted by molar-refractivity contribution is 5.69. The molecular formula is C16H23NO4. The Labute approximate surface area is 125 Å². The van der Waals surface area contributed by atoms with Gasteiger partial charge in [0, 0.05) is 18.5 Å². The monoisotopic (exact) mass is 293 g/mol. The van der Waals surface area contributed by atoms with Crippen LogP contribution in [0.4, 0.5) is 0 Å². The maximum atomic E-state index is 11.0. The molecule has 0 amide bonds. The van der Waals surface area contributed by atoms with Crippen molar-refractivity contribution >= 4 is 5.97 Å². The van der Waals surface area contributed by atoms with E-state index >= 15 is 0 Å². The Hall–Kier alpha value is -1.75. The SMILES string of the molecule is CCOc1cc(OCCCC(=O)OC)cc2c1CC(N)C2. The Bertz CT molecular complexity index is 501. The van der Waals surface area contributed by atoms with Gasteiger partial charge in [0.15, 0.2) is 0 Å². The van der Waals surface area contributed by atoms with Crippen molar-refractivity contribution in [3.05, 3.63) is 23.3 Å². The second-order valence-corrected chi connectivity index (χ2v) is 5.19. The van der Waals surface area contributed by atoms with Crippen LogP contribution in [0.2, 0.25) is 0 Å². The van der Waals surface area contributed by atoms with Crippen molar-refractivity contribution in [1.29, 1.82) is 0 Å². The number of nitrogens with two attached hydrogens (primary N) is 1. The number of carbonyl (C=O) groups is 1. The van der Waals surface area contributed by atoms with E-state index in [1.165, 1.54) is 18.2 Å². The van der Waals surface area contributed by atoms with Gasteiger partial charge in [-0.1, -0.05) is 0 Å². The molecule has 0 fully saturated rings. The van der Waals surface area contributed by atoms with Crippen molar-refractivity contribution in [1.82, 2.24) is 0 Å². The maximum absolute atomic E-state index is 11.0. The molecule has 5 heteroatoms. The molecule has 116 valence electrons. The Kier molecular flexibility index (Phi) is 5.44. The fraction of sp³-hybridized carbons (Fsp3) is 0.562. The van der Waals surface area contributed by atoms with Crippen molar-refractivity contribution < 1.29 is 19.0 Å². The van der Waals surface area contributed by atoms with E-state index in [0.29, 0.717) is 26.1 Å². The fourth-order valence-electron chi connectivity index (χ4n) is 2.58. The van der Waals surface area contributed by atoms with Crippen LogP contribution in [-0.4, -0.2) is 32.3 Å². The van der Waals surface area contributed by atoms with E-state index in [9.17, 15) is 4.79 Å². The van der Waals surface area contributed by atoms with Gasteiger partial charge in [-0.3, -0.25) is 4.79 Å². The van der Waals surface area contributed by atoms with E-state index in [-0.39, 0.29) is 12.0 Å². The van der Waals surface area contributed by atoms with Crippen LogP contribution in [0.15, 0.2) is 12.1 Å². The molecule has 21 heavy (non-hydrogen) atoms. The van der Waals surface area contributed by atoms with Crippen LogP contribution in [0.25, 0.3) is 0 Å². The first-order valence-corrected chi connectivity index (χ1v) is 7.37. The lowest BCUT2D eigenvalue weighted by molar-refractivity contribution is -0.140. The molecule has 2 N–H and O–H groups in total. The molecule has 2 rings (SSSR count). The van der Waals surface area contributed by atoms with Gasteiger partial charge in [-0.05, 0) is 43.4 Å². The number of rotatable bonds is 7. The lowest BCUT2D eigenvalue weighted by Gasteiger charge is -2.13. The minimum Gasteiger partial charge on any atom is -0.493 e. The van der Waals surface area contributed by atoms with Crippen molar-refractivity contribution in [3.63, 3.8) is 0 Å². The number of hydrogen-bond donors (Lipinski definition) is 1. The van der Waals surface area contributed by atoms with E-state index < -0.39 is 0 Å². The van der Waals surface area contributed by atoms with E-state index in [0.717, 1.165) is 24.3 Å². The summed E-state index contributed by atoms with van der Waals surface area (Å²) >= 11 is 0. The molecule has 0 bridgehead atoms. The summed E-state index contributed by atoms with van der Waals surface area (Å²) in [6.07, 6.45) is 2.71. The van der Waals surface area contributed by atoms with Crippen LogP contribution in [0, 0.1) is 0 Å². The second kappa shape index (κ2) is 7.31. The van der Waals surface area contributed by atoms with Gasteiger partial charge in [0.1, 0.15) is 11.5 Å². The molecule has 0 saturated heterocycles. The van der Waals surface area contributed by atoms with Gasteiger partial charge in [-0.2, -0.15) is 0 Å². The average Bonchev–Trinajstić information content (AvgIpc) is 2.84. The van der Waals surface area contributed by atoms with Crippen LogP contribution >= 0.6 is 0 Å². The van der Waals surface area contributed by atoms with Crippen molar-refractivity contribution in [2.24, 2.45) is 5.73 Å². The summed E-state index contributed by atoms with van der Waals surface area (Å²) < 4.78 is 16.0. The van der Waals surface area contributed by atoms with Gasteiger partial charge < -0.3 is 19.9 Å². The summed E-state index contributed by atoms with van der Waals surface area (Å²) in [7, 11) is 1.39. The van der Waals surface area contributed by atoms with Gasteiger partial charge in [0.05, 0.1) is 20.3 Å². The molecule has 0 radical (unpaired) electrons. The molecule has 0 spiro atoms. The van der Waals surface area contributed by atoms with Gasteiger partial charge in [0.25, 0.3) is 0 Å². The lowest BCUT2D eigenvalue weighted by atomic mass is 10.1. The number of esters is 1. The molecular weight excluding hydrogens is 270 g/mol. The zero-order valence-corrected chi connectivity index (χ0v) is 12.7. The molecule has 0 saturated carbocycles. The van der Waals surface area contributed by atoms with Crippen LogP contribution < -0.4 is 15.2 Å². The molecule has 0 aliphatic heterocycles. The highest BCUT2D eigenvalue weighted by atomic mass is 16.5. The van der Waals surface area contributed by atoms with E-state index in [1.54, 1.807) is 0 Å². The number of benzene rings is 1. The topological polar surface area (TPSA) is 70.8 Å². The lowest BCUT2D eigenvalue weighted by Crippen LogP contribution is -2.19. The first kappa shape index (κ1) is 15.6. The van der Waals surface area contributed by atoms with Crippen LogP contribution in [0.5, 0.6) is 11.5 Å². The third-order valence-electron chi connectivity index (χ3n) is 3.54. The number of methoxy groups -OCH3 is 1. The predicted octanol–water partition coefficient (Wildman–Crippen LogP) is 1.84. The third kappa shape index (κ3) is 4.11. The molecule has 1 aromatic carbocycles. The predicted molar refractivity (Wildman–Crippen MR) is 79.7 cm³/mol. The molecule has 0 heterocycles. The fourth-order valence-corrected chi connectivity index (χ4v) is 2.58. The minimum atomic E-state index is -0.214. The summed E-state index contributed by atoms with van der Waals surface area (Å²) in [6.45, 7) is 3.06. The van der Waals surface area contributed by atoms with Gasteiger partial charge in [-0.15, -0.1) is 0 Å². The molecule has 5 nitrogen and oxygen atoms in total. The van der Waals surface area contributed by atoms with Crippen molar-refractivity contribution in [3.8, 4) is 11.5 Å². The van der Waals surface area contributed by atoms with Gasteiger partial charge in [0.2, 0.25) is 0 Å². The van der Waals surface area contributed by atoms with Crippen molar-refractivity contribution in [2.45, 2.75) is 38.6 Å². The van der Waals surface area contributed by atoms with Crippen LogP contribution in [0.1, 0.15) is 30.9 Å². The Morgan fingerprint density at radius 3 is 2.86 bits per heavy atom. The van der Waals surface area contributed by atoms with Crippen LogP contribution in [-0.2, 0) is 22.4 Å². The normalized spacial score (nSPS) is 16.4. The Balaban J connectivity index is 1.99. The van der Waals surface area contributed by atoms with E-state index in [4.69, 9.17) is 15.2 Å². The maximum Gasteiger partial charge on any atom is 0.305 e. The largest absolute Gasteiger partial charge is 0.493 e. The Morgan fingerprint density at radius 2 is 2.14 bits per heavy atom.